The number of halogens is 2. The van der Waals surface area contributed by atoms with Crippen LogP contribution in [0.25, 0.3) is 0 Å². The van der Waals surface area contributed by atoms with Crippen LogP contribution >= 0.6 is 34.5 Å². The molecule has 2 heterocycles. The van der Waals surface area contributed by atoms with Crippen molar-refractivity contribution in [1.29, 1.82) is 0 Å². The maximum Gasteiger partial charge on any atom is 0.179 e. The summed E-state index contributed by atoms with van der Waals surface area (Å²) in [5.74, 6) is 0.0912. The number of nitrogens with zero attached hydrogens (tertiary/aromatic N) is 1. The number of Topliss-reactive ketones (excluding diaryl/α,β-unsaturated/α-hetero) is 1. The third-order valence-corrected chi connectivity index (χ3v) is 5.26. The standard InChI is InChI=1S/C14H19Cl2NOS/c1-2-10-6-4-3-5-7-17(10)9-12(18)11-8-13(15)19-14(11)16/h8,10H,2-7,9H2,1H3. The smallest absolute Gasteiger partial charge is 0.179 e. The van der Waals surface area contributed by atoms with Crippen molar-refractivity contribution < 1.29 is 4.79 Å². The highest BCUT2D eigenvalue weighted by molar-refractivity contribution is 7.20. The van der Waals surface area contributed by atoms with Gasteiger partial charge in [-0.05, 0) is 31.9 Å². The zero-order valence-electron chi connectivity index (χ0n) is 11.1. The van der Waals surface area contributed by atoms with Gasteiger partial charge in [-0.3, -0.25) is 9.69 Å². The molecule has 1 aromatic heterocycles. The molecule has 0 aliphatic carbocycles. The van der Waals surface area contributed by atoms with Crippen LogP contribution in [0.5, 0.6) is 0 Å². The van der Waals surface area contributed by atoms with Gasteiger partial charge in [-0.25, -0.2) is 0 Å². The van der Waals surface area contributed by atoms with Gasteiger partial charge in [0.2, 0.25) is 0 Å². The van der Waals surface area contributed by atoms with E-state index in [4.69, 9.17) is 23.2 Å². The van der Waals surface area contributed by atoms with E-state index in [0.717, 1.165) is 13.0 Å². The number of hydrogen-bond donors (Lipinski definition) is 0. The molecule has 0 aromatic carbocycles. The van der Waals surface area contributed by atoms with E-state index in [1.807, 2.05) is 0 Å². The summed E-state index contributed by atoms with van der Waals surface area (Å²) < 4.78 is 1.09. The Morgan fingerprint density at radius 1 is 1.42 bits per heavy atom. The highest BCUT2D eigenvalue weighted by atomic mass is 35.5. The topological polar surface area (TPSA) is 20.3 Å². The van der Waals surface area contributed by atoms with Crippen molar-refractivity contribution in [2.24, 2.45) is 0 Å². The van der Waals surface area contributed by atoms with Crippen molar-refractivity contribution in [3.8, 4) is 0 Å². The molecule has 1 saturated heterocycles. The van der Waals surface area contributed by atoms with Crippen molar-refractivity contribution in [2.45, 2.75) is 45.1 Å². The van der Waals surface area contributed by atoms with Gasteiger partial charge in [0.1, 0.15) is 4.34 Å². The van der Waals surface area contributed by atoms with Crippen molar-refractivity contribution in [3.63, 3.8) is 0 Å². The molecule has 1 aromatic rings. The molecule has 1 aliphatic rings. The van der Waals surface area contributed by atoms with Gasteiger partial charge in [-0.1, -0.05) is 43.0 Å². The first-order valence-electron chi connectivity index (χ1n) is 6.84. The van der Waals surface area contributed by atoms with E-state index in [1.165, 1.54) is 37.0 Å². The molecule has 1 atom stereocenters. The Morgan fingerprint density at radius 2 is 2.21 bits per heavy atom. The van der Waals surface area contributed by atoms with Crippen molar-refractivity contribution in [3.05, 3.63) is 20.3 Å². The minimum Gasteiger partial charge on any atom is -0.293 e. The van der Waals surface area contributed by atoms with Gasteiger partial charge < -0.3 is 0 Å². The van der Waals surface area contributed by atoms with Gasteiger partial charge in [0, 0.05) is 6.04 Å². The third-order valence-electron chi connectivity index (χ3n) is 3.77. The van der Waals surface area contributed by atoms with Crippen LogP contribution < -0.4 is 0 Å². The predicted octanol–water partition coefficient (Wildman–Crippen LogP) is 4.89. The summed E-state index contributed by atoms with van der Waals surface area (Å²) in [4.78, 5) is 14.7. The van der Waals surface area contributed by atoms with Crippen LogP contribution in [0, 0.1) is 0 Å². The summed E-state index contributed by atoms with van der Waals surface area (Å²) in [6.45, 7) is 3.67. The maximum absolute atomic E-state index is 12.3. The Kier molecular flexibility index (Phi) is 5.70. The molecule has 0 amide bonds. The van der Waals surface area contributed by atoms with Gasteiger partial charge in [0.15, 0.2) is 5.78 Å². The second kappa shape index (κ2) is 7.07. The molecule has 106 valence electrons. The number of thiophene rings is 1. The minimum atomic E-state index is 0.0912. The highest BCUT2D eigenvalue weighted by Gasteiger charge is 2.23. The molecule has 0 bridgehead atoms. The summed E-state index contributed by atoms with van der Waals surface area (Å²) in [7, 11) is 0. The molecular formula is C14H19Cl2NOS. The average Bonchev–Trinajstić information content (AvgIpc) is 2.60. The zero-order chi connectivity index (χ0) is 13.8. The summed E-state index contributed by atoms with van der Waals surface area (Å²) in [5, 5.41) is 0. The van der Waals surface area contributed by atoms with E-state index in [-0.39, 0.29) is 5.78 Å². The average molecular weight is 320 g/mol. The first kappa shape index (κ1) is 15.3. The number of rotatable bonds is 4. The summed E-state index contributed by atoms with van der Waals surface area (Å²) >= 11 is 13.2. The summed E-state index contributed by atoms with van der Waals surface area (Å²) in [5.41, 5.74) is 0.579. The minimum absolute atomic E-state index is 0.0912. The predicted molar refractivity (Wildman–Crippen MR) is 82.8 cm³/mol. The van der Waals surface area contributed by atoms with Crippen LogP contribution in [0.3, 0.4) is 0 Å². The lowest BCUT2D eigenvalue weighted by Gasteiger charge is -2.28. The molecule has 0 saturated carbocycles. The van der Waals surface area contributed by atoms with E-state index in [2.05, 4.69) is 11.8 Å². The van der Waals surface area contributed by atoms with Crippen molar-refractivity contribution >= 4 is 40.3 Å². The van der Waals surface area contributed by atoms with E-state index < -0.39 is 0 Å². The first-order valence-corrected chi connectivity index (χ1v) is 8.41. The lowest BCUT2D eigenvalue weighted by Crippen LogP contribution is -2.38. The maximum atomic E-state index is 12.3. The molecule has 5 heteroatoms. The third kappa shape index (κ3) is 3.94. The van der Waals surface area contributed by atoms with Crippen LogP contribution in [-0.4, -0.2) is 29.8 Å². The van der Waals surface area contributed by atoms with Crippen molar-refractivity contribution in [1.82, 2.24) is 4.90 Å². The molecule has 1 unspecified atom stereocenters. The normalized spacial score (nSPS) is 21.3. The summed E-state index contributed by atoms with van der Waals surface area (Å²) in [6, 6.07) is 2.22. The molecule has 0 N–H and O–H groups in total. The SMILES string of the molecule is CCC1CCCCCN1CC(=O)c1cc(Cl)sc1Cl. The molecule has 0 radical (unpaired) electrons. The second-order valence-electron chi connectivity index (χ2n) is 5.04. The number of likely N-dealkylation sites (tertiary alicyclic amines) is 1. The van der Waals surface area contributed by atoms with Crippen LogP contribution in [0.4, 0.5) is 0 Å². The number of carbonyl (C=O) groups excluding carboxylic acids is 1. The fourth-order valence-corrected chi connectivity index (χ4v) is 4.21. The van der Waals surface area contributed by atoms with Gasteiger partial charge in [-0.2, -0.15) is 0 Å². The number of hydrogen-bond acceptors (Lipinski definition) is 3. The van der Waals surface area contributed by atoms with Gasteiger partial charge in [0.25, 0.3) is 0 Å². The Hall–Kier alpha value is -0.0900. The molecule has 19 heavy (non-hydrogen) atoms. The van der Waals surface area contributed by atoms with E-state index in [0.29, 0.717) is 26.8 Å². The Bertz CT molecular complexity index is 447. The second-order valence-corrected chi connectivity index (χ2v) is 7.33. The van der Waals surface area contributed by atoms with E-state index in [1.54, 1.807) is 6.07 Å². The Balaban J connectivity index is 2.06. The lowest BCUT2D eigenvalue weighted by atomic mass is 10.1. The largest absolute Gasteiger partial charge is 0.293 e. The molecule has 1 fully saturated rings. The van der Waals surface area contributed by atoms with Crippen molar-refractivity contribution in [2.75, 3.05) is 13.1 Å². The quantitative estimate of drug-likeness (QED) is 0.736. The molecule has 0 spiro atoms. The summed E-state index contributed by atoms with van der Waals surface area (Å²) in [6.07, 6.45) is 6.02. The van der Waals surface area contributed by atoms with E-state index >= 15 is 0 Å². The van der Waals surface area contributed by atoms with Gasteiger partial charge in [0.05, 0.1) is 16.4 Å². The number of carbonyl (C=O) groups is 1. The van der Waals surface area contributed by atoms with E-state index in [9.17, 15) is 4.79 Å². The molecule has 1 aliphatic heterocycles. The fraction of sp³-hybridized carbons (Fsp3) is 0.643. The molecular weight excluding hydrogens is 301 g/mol. The van der Waals surface area contributed by atoms with Gasteiger partial charge in [-0.15, -0.1) is 11.3 Å². The van der Waals surface area contributed by atoms with Crippen LogP contribution in [0.1, 0.15) is 49.4 Å². The Morgan fingerprint density at radius 3 is 2.84 bits per heavy atom. The van der Waals surface area contributed by atoms with Gasteiger partial charge >= 0.3 is 0 Å². The number of ketones is 1. The lowest BCUT2D eigenvalue weighted by molar-refractivity contribution is 0.0891. The molecule has 2 rings (SSSR count). The Labute approximate surface area is 128 Å². The first-order chi connectivity index (χ1) is 9.11. The van der Waals surface area contributed by atoms with Crippen LogP contribution in [-0.2, 0) is 0 Å². The zero-order valence-corrected chi connectivity index (χ0v) is 13.5. The van der Waals surface area contributed by atoms with Crippen LogP contribution in [0.15, 0.2) is 6.07 Å². The fourth-order valence-electron chi connectivity index (χ4n) is 2.71. The molecule has 2 nitrogen and oxygen atoms in total. The monoisotopic (exact) mass is 319 g/mol. The highest BCUT2D eigenvalue weighted by Crippen LogP contribution is 2.32. The van der Waals surface area contributed by atoms with Crippen LogP contribution in [0.2, 0.25) is 8.67 Å².